The average molecular weight is 380 g/mol. The Labute approximate surface area is 159 Å². The monoisotopic (exact) mass is 380 g/mol. The molecule has 8 nitrogen and oxygen atoms in total. The van der Waals surface area contributed by atoms with Crippen LogP contribution in [-0.4, -0.2) is 29.0 Å². The molecule has 2 atom stereocenters. The van der Waals surface area contributed by atoms with E-state index in [1.807, 2.05) is 6.07 Å². The largest absolute Gasteiger partial charge is 0.463 e. The van der Waals surface area contributed by atoms with E-state index >= 15 is 0 Å². The lowest BCUT2D eigenvalue weighted by atomic mass is 9.77. The molecule has 0 saturated heterocycles. The zero-order valence-corrected chi connectivity index (χ0v) is 15.2. The lowest BCUT2D eigenvalue weighted by molar-refractivity contribution is -0.402. The maximum absolute atomic E-state index is 13.2. The number of furan rings is 1. The number of aliphatic imine (C=N–C) groups is 1. The van der Waals surface area contributed by atoms with Crippen LogP contribution in [0.3, 0.4) is 0 Å². The van der Waals surface area contributed by atoms with Crippen molar-refractivity contribution in [2.24, 2.45) is 10.9 Å². The summed E-state index contributed by atoms with van der Waals surface area (Å²) in [7, 11) is 0. The van der Waals surface area contributed by atoms with Crippen LogP contribution in [0.25, 0.3) is 0 Å². The Morgan fingerprint density at radius 1 is 1.21 bits per heavy atom. The van der Waals surface area contributed by atoms with Crippen LogP contribution in [0.1, 0.15) is 41.4 Å². The molecule has 142 valence electrons. The SMILES string of the molecule is CCOC(=O)C1=C(C)N=C2c3ccccc3C(=O)[C@@H]2[C@H]1c1ccc([N+](=O)[O-])o1. The molecular weight excluding hydrogens is 364 g/mol. The Kier molecular flexibility index (Phi) is 4.18. The second-order valence-corrected chi connectivity index (χ2v) is 6.51. The van der Waals surface area contributed by atoms with Crippen molar-refractivity contribution in [1.82, 2.24) is 0 Å². The van der Waals surface area contributed by atoms with Gasteiger partial charge in [0.25, 0.3) is 0 Å². The van der Waals surface area contributed by atoms with Crippen molar-refractivity contribution in [1.29, 1.82) is 0 Å². The Hall–Kier alpha value is -3.55. The molecule has 1 aliphatic heterocycles. The molecule has 0 bridgehead atoms. The summed E-state index contributed by atoms with van der Waals surface area (Å²) in [6.07, 6.45) is 0. The number of fused-ring (bicyclic) bond motifs is 3. The van der Waals surface area contributed by atoms with E-state index in [0.29, 0.717) is 22.5 Å². The van der Waals surface area contributed by atoms with E-state index in [0.717, 1.165) is 0 Å². The number of hydrogen-bond acceptors (Lipinski definition) is 7. The first kappa shape index (κ1) is 17.8. The molecule has 2 aromatic rings. The second kappa shape index (κ2) is 6.56. The van der Waals surface area contributed by atoms with Crippen molar-refractivity contribution in [3.05, 3.63) is 74.7 Å². The summed E-state index contributed by atoms with van der Waals surface area (Å²) >= 11 is 0. The average Bonchev–Trinajstić information content (AvgIpc) is 3.26. The van der Waals surface area contributed by atoms with Crippen molar-refractivity contribution in [3.63, 3.8) is 0 Å². The van der Waals surface area contributed by atoms with Crippen molar-refractivity contribution < 1.29 is 23.7 Å². The summed E-state index contributed by atoms with van der Waals surface area (Å²) in [6, 6.07) is 9.72. The molecule has 1 aromatic heterocycles. The van der Waals surface area contributed by atoms with E-state index < -0.39 is 28.6 Å². The van der Waals surface area contributed by atoms with Gasteiger partial charge in [-0.05, 0) is 19.9 Å². The van der Waals surface area contributed by atoms with E-state index in [4.69, 9.17) is 9.15 Å². The lowest BCUT2D eigenvalue weighted by Crippen LogP contribution is -2.32. The van der Waals surface area contributed by atoms with Crippen molar-refractivity contribution in [3.8, 4) is 0 Å². The third-order valence-electron chi connectivity index (χ3n) is 4.96. The van der Waals surface area contributed by atoms with E-state index in [9.17, 15) is 19.7 Å². The lowest BCUT2D eigenvalue weighted by Gasteiger charge is -2.27. The molecule has 0 amide bonds. The first-order chi connectivity index (χ1) is 13.4. The maximum Gasteiger partial charge on any atom is 0.433 e. The number of rotatable bonds is 4. The summed E-state index contributed by atoms with van der Waals surface area (Å²) in [5, 5.41) is 11.1. The molecule has 1 aliphatic carbocycles. The van der Waals surface area contributed by atoms with Gasteiger partial charge >= 0.3 is 11.9 Å². The molecule has 0 radical (unpaired) electrons. The van der Waals surface area contributed by atoms with Gasteiger partial charge in [0.15, 0.2) is 5.78 Å². The molecule has 1 aromatic carbocycles. The number of ketones is 1. The highest BCUT2D eigenvalue weighted by Crippen LogP contribution is 2.46. The van der Waals surface area contributed by atoms with Crippen LogP contribution in [0.15, 0.2) is 57.1 Å². The summed E-state index contributed by atoms with van der Waals surface area (Å²) in [4.78, 5) is 40.8. The summed E-state index contributed by atoms with van der Waals surface area (Å²) in [5.41, 5.74) is 2.33. The normalized spacial score (nSPS) is 20.5. The van der Waals surface area contributed by atoms with Crippen molar-refractivity contribution in [2.45, 2.75) is 19.8 Å². The zero-order valence-electron chi connectivity index (χ0n) is 15.2. The predicted octanol–water partition coefficient (Wildman–Crippen LogP) is 3.42. The molecule has 0 saturated carbocycles. The molecule has 2 heterocycles. The fourth-order valence-corrected chi connectivity index (χ4v) is 3.85. The summed E-state index contributed by atoms with van der Waals surface area (Å²) < 4.78 is 10.6. The topological polar surface area (TPSA) is 112 Å². The first-order valence-electron chi connectivity index (χ1n) is 8.78. The highest BCUT2D eigenvalue weighted by Gasteiger charge is 2.49. The van der Waals surface area contributed by atoms with Gasteiger partial charge in [-0.1, -0.05) is 24.3 Å². The molecule has 2 aliphatic rings. The van der Waals surface area contributed by atoms with Crippen molar-refractivity contribution in [2.75, 3.05) is 6.61 Å². The highest BCUT2D eigenvalue weighted by atomic mass is 16.6. The number of carbonyl (C=O) groups excluding carboxylic acids is 2. The molecule has 28 heavy (non-hydrogen) atoms. The Bertz CT molecular complexity index is 1080. The van der Waals surface area contributed by atoms with Gasteiger partial charge in [-0.15, -0.1) is 0 Å². The minimum Gasteiger partial charge on any atom is -0.463 e. The Balaban J connectivity index is 1.92. The Morgan fingerprint density at radius 3 is 2.57 bits per heavy atom. The first-order valence-corrected chi connectivity index (χ1v) is 8.78. The molecule has 0 unspecified atom stereocenters. The summed E-state index contributed by atoms with van der Waals surface area (Å²) in [5.74, 6) is -2.76. The Morgan fingerprint density at radius 2 is 1.93 bits per heavy atom. The number of ether oxygens (including phenoxy) is 1. The van der Waals surface area contributed by atoms with Gasteiger partial charge in [0.2, 0.25) is 0 Å². The van der Waals surface area contributed by atoms with E-state index in [2.05, 4.69) is 4.99 Å². The van der Waals surface area contributed by atoms with E-state index in [1.54, 1.807) is 32.0 Å². The van der Waals surface area contributed by atoms with Gasteiger partial charge in [0.05, 0.1) is 35.8 Å². The predicted molar refractivity (Wildman–Crippen MR) is 98.2 cm³/mol. The second-order valence-electron chi connectivity index (χ2n) is 6.51. The van der Waals surface area contributed by atoms with Crippen LogP contribution in [0.4, 0.5) is 5.88 Å². The zero-order chi connectivity index (χ0) is 20.0. The molecular formula is C20H16N2O6. The van der Waals surface area contributed by atoms with Gasteiger partial charge in [0.1, 0.15) is 10.7 Å². The molecule has 0 fully saturated rings. The number of allylic oxidation sites excluding steroid dienone is 1. The van der Waals surface area contributed by atoms with Crippen LogP contribution in [-0.2, 0) is 9.53 Å². The number of carbonyl (C=O) groups is 2. The van der Waals surface area contributed by atoms with Crippen LogP contribution < -0.4 is 0 Å². The molecule has 0 N–H and O–H groups in total. The highest BCUT2D eigenvalue weighted by molar-refractivity contribution is 6.30. The van der Waals surface area contributed by atoms with Crippen molar-refractivity contribution >= 4 is 23.3 Å². The van der Waals surface area contributed by atoms with Gasteiger partial charge < -0.3 is 9.15 Å². The molecule has 4 rings (SSSR count). The summed E-state index contributed by atoms with van der Waals surface area (Å²) in [6.45, 7) is 3.48. The van der Waals surface area contributed by atoms with Gasteiger partial charge in [-0.25, -0.2) is 4.79 Å². The number of Topliss-reactive ketones (excluding diaryl/α,β-unsaturated/α-hetero) is 1. The number of nitro groups is 1. The van der Waals surface area contributed by atoms with Crippen LogP contribution in [0, 0.1) is 16.0 Å². The number of benzene rings is 1. The van der Waals surface area contributed by atoms with E-state index in [1.165, 1.54) is 12.1 Å². The number of nitrogens with zero attached hydrogens (tertiary/aromatic N) is 2. The van der Waals surface area contributed by atoms with Crippen LogP contribution >= 0.6 is 0 Å². The minimum atomic E-state index is -0.847. The third-order valence-corrected chi connectivity index (χ3v) is 4.96. The quantitative estimate of drug-likeness (QED) is 0.456. The third kappa shape index (κ3) is 2.57. The number of hydrogen-bond donors (Lipinski definition) is 0. The van der Waals surface area contributed by atoms with Gasteiger partial charge in [-0.2, -0.15) is 0 Å². The molecule has 8 heteroatoms. The van der Waals surface area contributed by atoms with Gasteiger partial charge in [-0.3, -0.25) is 19.9 Å². The molecule has 0 spiro atoms. The van der Waals surface area contributed by atoms with Gasteiger partial charge in [0, 0.05) is 16.8 Å². The van der Waals surface area contributed by atoms with E-state index in [-0.39, 0.29) is 23.7 Å². The maximum atomic E-state index is 13.2. The fraction of sp³-hybridized carbons (Fsp3) is 0.250. The smallest absolute Gasteiger partial charge is 0.433 e. The minimum absolute atomic E-state index is 0.149. The number of esters is 1. The fourth-order valence-electron chi connectivity index (χ4n) is 3.85. The van der Waals surface area contributed by atoms with Crippen LogP contribution in [0.5, 0.6) is 0 Å². The van der Waals surface area contributed by atoms with Crippen LogP contribution in [0.2, 0.25) is 0 Å². The standard InChI is InChI=1S/C20H16N2O6/c1-3-27-20(24)15-10(2)21-18-11-6-4-5-7-12(11)19(23)17(18)16(15)13-8-9-14(28-13)22(25)26/h4-9,16-17H,3H2,1-2H3/t16-,17+/m0/s1.